The second-order valence-corrected chi connectivity index (χ2v) is 5.50. The Morgan fingerprint density at radius 2 is 2.24 bits per heavy atom. The van der Waals surface area contributed by atoms with E-state index in [1.165, 1.54) is 0 Å². The van der Waals surface area contributed by atoms with Gasteiger partial charge in [-0.2, -0.15) is 5.10 Å². The molecule has 2 rings (SSSR count). The number of aryl methyl sites for hydroxylation is 1. The molecule has 1 amide bonds. The number of aromatic nitrogens is 2. The highest BCUT2D eigenvalue weighted by Crippen LogP contribution is 2.19. The molecule has 0 spiro atoms. The Hall–Kier alpha value is -1.82. The Morgan fingerprint density at radius 3 is 2.90 bits per heavy atom. The molecule has 112 valence electrons. The van der Waals surface area contributed by atoms with Crippen molar-refractivity contribution in [3.63, 3.8) is 0 Å². The van der Waals surface area contributed by atoms with Gasteiger partial charge in [0.2, 0.25) is 0 Å². The second kappa shape index (κ2) is 6.76. The molecule has 1 heterocycles. The van der Waals surface area contributed by atoms with Crippen LogP contribution in [0.25, 0.3) is 0 Å². The molecule has 0 N–H and O–H groups in total. The van der Waals surface area contributed by atoms with E-state index in [-0.39, 0.29) is 5.91 Å². The van der Waals surface area contributed by atoms with Gasteiger partial charge in [-0.15, -0.1) is 0 Å². The zero-order valence-electron chi connectivity index (χ0n) is 12.3. The average Bonchev–Trinajstić information content (AvgIpc) is 2.86. The molecule has 21 heavy (non-hydrogen) atoms. The van der Waals surface area contributed by atoms with Crippen molar-refractivity contribution in [1.29, 1.82) is 0 Å². The largest absolute Gasteiger partial charge is 0.497 e. The highest BCUT2D eigenvalue weighted by atomic mass is 79.9. The summed E-state index contributed by atoms with van der Waals surface area (Å²) in [5.41, 5.74) is 1.59. The average molecular weight is 352 g/mol. The molecule has 0 radical (unpaired) electrons. The van der Waals surface area contributed by atoms with Gasteiger partial charge in [-0.05, 0) is 41.1 Å². The summed E-state index contributed by atoms with van der Waals surface area (Å²) in [5.74, 6) is 0.624. The number of halogens is 1. The lowest BCUT2D eigenvalue weighted by Gasteiger charge is -2.18. The van der Waals surface area contributed by atoms with Crippen molar-refractivity contribution in [3.8, 4) is 5.75 Å². The van der Waals surface area contributed by atoms with Gasteiger partial charge in [-0.1, -0.05) is 6.07 Å². The third-order valence-corrected chi connectivity index (χ3v) is 3.91. The van der Waals surface area contributed by atoms with Gasteiger partial charge in [-0.3, -0.25) is 9.48 Å². The van der Waals surface area contributed by atoms with Crippen molar-refractivity contribution in [2.24, 2.45) is 0 Å². The van der Waals surface area contributed by atoms with E-state index in [1.54, 1.807) is 37.4 Å². The zero-order valence-corrected chi connectivity index (χ0v) is 13.9. The Labute approximate surface area is 132 Å². The number of methoxy groups -OCH3 is 1. The van der Waals surface area contributed by atoms with Crippen LogP contribution in [0.15, 0.2) is 34.9 Å². The molecule has 0 unspecified atom stereocenters. The minimum Gasteiger partial charge on any atom is -0.497 e. The summed E-state index contributed by atoms with van der Waals surface area (Å²) in [6.07, 6.45) is 1.75. The molecule has 1 aromatic heterocycles. The van der Waals surface area contributed by atoms with E-state index in [0.717, 1.165) is 16.7 Å². The van der Waals surface area contributed by atoms with Gasteiger partial charge in [0.1, 0.15) is 5.75 Å². The van der Waals surface area contributed by atoms with Crippen LogP contribution < -0.4 is 4.74 Å². The molecule has 0 saturated carbocycles. The first kappa shape index (κ1) is 15.6. The number of nitrogens with zero attached hydrogens (tertiary/aromatic N) is 3. The lowest BCUT2D eigenvalue weighted by Crippen LogP contribution is -2.27. The van der Waals surface area contributed by atoms with Crippen LogP contribution in [0.2, 0.25) is 0 Å². The number of carbonyl (C=O) groups excluding carboxylic acids is 1. The Kier molecular flexibility index (Phi) is 5.01. The number of hydrogen-bond acceptors (Lipinski definition) is 3. The van der Waals surface area contributed by atoms with Gasteiger partial charge in [0, 0.05) is 19.2 Å². The Bertz CT molecular complexity index is 640. The Morgan fingerprint density at radius 1 is 1.48 bits per heavy atom. The standard InChI is InChI=1S/C15H18BrN3O2/c1-4-19-14(13(16)9-17-19)10-18(2)15(20)11-6-5-7-12(8-11)21-3/h5-9H,4,10H2,1-3H3. The SMILES string of the molecule is CCn1ncc(Br)c1CN(C)C(=O)c1cccc(OC)c1. The topological polar surface area (TPSA) is 47.4 Å². The fraction of sp³-hybridized carbons (Fsp3) is 0.333. The minimum atomic E-state index is -0.0512. The maximum absolute atomic E-state index is 12.5. The van der Waals surface area contributed by atoms with Crippen molar-refractivity contribution in [3.05, 3.63) is 46.2 Å². The van der Waals surface area contributed by atoms with Crippen LogP contribution in [0.3, 0.4) is 0 Å². The lowest BCUT2D eigenvalue weighted by atomic mass is 10.2. The monoisotopic (exact) mass is 351 g/mol. The molecular weight excluding hydrogens is 334 g/mol. The van der Waals surface area contributed by atoms with Gasteiger partial charge in [-0.25, -0.2) is 0 Å². The molecule has 2 aromatic rings. The van der Waals surface area contributed by atoms with Crippen molar-refractivity contribution < 1.29 is 9.53 Å². The van der Waals surface area contributed by atoms with E-state index in [9.17, 15) is 4.79 Å². The maximum atomic E-state index is 12.5. The first-order valence-corrected chi connectivity index (χ1v) is 7.45. The summed E-state index contributed by atoms with van der Waals surface area (Å²) in [4.78, 5) is 14.1. The van der Waals surface area contributed by atoms with Crippen LogP contribution in [0.4, 0.5) is 0 Å². The molecule has 0 aliphatic heterocycles. The number of hydrogen-bond donors (Lipinski definition) is 0. The number of benzene rings is 1. The fourth-order valence-corrected chi connectivity index (χ4v) is 2.51. The summed E-state index contributed by atoms with van der Waals surface area (Å²) in [6, 6.07) is 7.16. The molecule has 6 heteroatoms. The van der Waals surface area contributed by atoms with Gasteiger partial charge in [0.25, 0.3) is 5.91 Å². The van der Waals surface area contributed by atoms with Crippen molar-refractivity contribution >= 4 is 21.8 Å². The first-order valence-electron chi connectivity index (χ1n) is 6.66. The summed E-state index contributed by atoms with van der Waals surface area (Å²) in [5, 5.41) is 4.26. The summed E-state index contributed by atoms with van der Waals surface area (Å²) < 4.78 is 7.94. The highest BCUT2D eigenvalue weighted by Gasteiger charge is 2.16. The number of rotatable bonds is 5. The first-order chi connectivity index (χ1) is 10.1. The number of amides is 1. The van der Waals surface area contributed by atoms with Crippen molar-refractivity contribution in [2.75, 3.05) is 14.2 Å². The fourth-order valence-electron chi connectivity index (χ4n) is 2.09. The summed E-state index contributed by atoms with van der Waals surface area (Å²) >= 11 is 3.47. The van der Waals surface area contributed by atoms with Crippen molar-refractivity contribution in [2.45, 2.75) is 20.0 Å². The van der Waals surface area contributed by atoms with Crippen LogP contribution in [0, 0.1) is 0 Å². The molecule has 0 atom stereocenters. The van der Waals surface area contributed by atoms with E-state index in [2.05, 4.69) is 21.0 Å². The van der Waals surface area contributed by atoms with Crippen LogP contribution in [0.1, 0.15) is 23.0 Å². The number of ether oxygens (including phenoxy) is 1. The quantitative estimate of drug-likeness (QED) is 0.831. The molecule has 0 aliphatic carbocycles. The molecule has 5 nitrogen and oxygen atoms in total. The predicted molar refractivity (Wildman–Crippen MR) is 84.4 cm³/mol. The second-order valence-electron chi connectivity index (χ2n) is 4.65. The van der Waals surface area contributed by atoms with Gasteiger partial charge >= 0.3 is 0 Å². The normalized spacial score (nSPS) is 10.5. The van der Waals surface area contributed by atoms with Gasteiger partial charge < -0.3 is 9.64 Å². The summed E-state index contributed by atoms with van der Waals surface area (Å²) in [6.45, 7) is 3.28. The molecule has 0 saturated heterocycles. The third kappa shape index (κ3) is 3.44. The van der Waals surface area contributed by atoms with Crippen LogP contribution in [0.5, 0.6) is 5.75 Å². The van der Waals surface area contributed by atoms with E-state index in [0.29, 0.717) is 17.9 Å². The molecule has 0 fully saturated rings. The maximum Gasteiger partial charge on any atom is 0.254 e. The van der Waals surface area contributed by atoms with E-state index in [4.69, 9.17) is 4.74 Å². The lowest BCUT2D eigenvalue weighted by molar-refractivity contribution is 0.0781. The van der Waals surface area contributed by atoms with E-state index in [1.807, 2.05) is 23.7 Å². The molecular formula is C15H18BrN3O2. The van der Waals surface area contributed by atoms with Crippen molar-refractivity contribution in [1.82, 2.24) is 14.7 Å². The predicted octanol–water partition coefficient (Wildman–Crippen LogP) is 2.95. The van der Waals surface area contributed by atoms with Crippen LogP contribution in [-0.4, -0.2) is 34.7 Å². The Balaban J connectivity index is 2.17. The van der Waals surface area contributed by atoms with E-state index < -0.39 is 0 Å². The summed E-state index contributed by atoms with van der Waals surface area (Å²) in [7, 11) is 3.37. The van der Waals surface area contributed by atoms with Gasteiger partial charge in [0.15, 0.2) is 0 Å². The smallest absolute Gasteiger partial charge is 0.254 e. The molecule has 0 aliphatic rings. The zero-order chi connectivity index (χ0) is 15.4. The van der Waals surface area contributed by atoms with Gasteiger partial charge in [0.05, 0.1) is 30.0 Å². The van der Waals surface area contributed by atoms with Crippen LogP contribution in [-0.2, 0) is 13.1 Å². The number of carbonyl (C=O) groups is 1. The molecule has 0 bridgehead atoms. The minimum absolute atomic E-state index is 0.0512. The van der Waals surface area contributed by atoms with Crippen LogP contribution >= 0.6 is 15.9 Å². The molecule has 1 aromatic carbocycles. The highest BCUT2D eigenvalue weighted by molar-refractivity contribution is 9.10. The third-order valence-electron chi connectivity index (χ3n) is 3.25. The van der Waals surface area contributed by atoms with E-state index >= 15 is 0 Å².